The summed E-state index contributed by atoms with van der Waals surface area (Å²) in [6, 6.07) is 19.5. The van der Waals surface area contributed by atoms with Gasteiger partial charge in [-0.25, -0.2) is 18.6 Å². The third-order valence-corrected chi connectivity index (χ3v) is 10.2. The number of ether oxygens (including phenoxy) is 1. The van der Waals surface area contributed by atoms with Gasteiger partial charge in [0.05, 0.1) is 13.0 Å². The number of esters is 1. The summed E-state index contributed by atoms with van der Waals surface area (Å²) in [5.41, 5.74) is 3.35. The lowest BCUT2D eigenvalue weighted by molar-refractivity contribution is -0.163. The van der Waals surface area contributed by atoms with E-state index >= 15 is 0 Å². The monoisotopic (exact) mass is 620 g/mol. The lowest BCUT2D eigenvalue weighted by Crippen LogP contribution is -2.58. The number of carbonyl (C=O) groups is 4. The second kappa shape index (κ2) is 11.8. The summed E-state index contributed by atoms with van der Waals surface area (Å²) in [7, 11) is -4.20. The Labute approximate surface area is 252 Å². The van der Waals surface area contributed by atoms with E-state index in [2.05, 4.69) is 15.8 Å². The molecular weight excluding hydrogens is 592 g/mol. The number of β-lactam (4-membered cyclic amide) rings is 1. The van der Waals surface area contributed by atoms with Crippen LogP contribution in [0.15, 0.2) is 84.0 Å². The topological polar surface area (TPSA) is 192 Å². The van der Waals surface area contributed by atoms with Gasteiger partial charge in [-0.2, -0.15) is 5.10 Å². The van der Waals surface area contributed by atoms with Gasteiger partial charge in [-0.1, -0.05) is 60.7 Å². The molecule has 2 aliphatic heterocycles. The highest BCUT2D eigenvalue weighted by molar-refractivity contribution is 7.94. The minimum Gasteiger partial charge on any atom is -0.504 e. The molecule has 0 saturated carbocycles. The van der Waals surface area contributed by atoms with Crippen molar-refractivity contribution in [3.05, 3.63) is 95.6 Å². The number of fused-ring (bicyclic) bond motifs is 1. The summed E-state index contributed by atoms with van der Waals surface area (Å²) < 4.78 is 31.0. The van der Waals surface area contributed by atoms with E-state index in [1.807, 2.05) is 0 Å². The van der Waals surface area contributed by atoms with E-state index in [1.54, 1.807) is 60.7 Å². The van der Waals surface area contributed by atoms with Gasteiger partial charge in [0.25, 0.3) is 11.8 Å². The zero-order chi connectivity index (χ0) is 31.6. The third kappa shape index (κ3) is 5.46. The number of aromatic hydroxyl groups is 2. The highest BCUT2D eigenvalue weighted by atomic mass is 32.2. The van der Waals surface area contributed by atoms with Crippen LogP contribution in [0.1, 0.15) is 40.9 Å². The molecule has 2 saturated heterocycles. The van der Waals surface area contributed by atoms with Gasteiger partial charge < -0.3 is 25.2 Å². The van der Waals surface area contributed by atoms with Gasteiger partial charge in [-0.15, -0.1) is 0 Å². The number of phenolic OH excluding ortho intramolecular Hbond substituents is 2. The number of phenols is 2. The van der Waals surface area contributed by atoms with Crippen molar-refractivity contribution in [1.82, 2.24) is 15.6 Å². The van der Waals surface area contributed by atoms with E-state index in [4.69, 9.17) is 4.74 Å². The molecule has 5 rings (SSSR count). The van der Waals surface area contributed by atoms with Crippen LogP contribution in [0.25, 0.3) is 0 Å². The van der Waals surface area contributed by atoms with E-state index in [1.165, 1.54) is 13.0 Å². The average molecular weight is 621 g/mol. The predicted molar refractivity (Wildman–Crippen MR) is 156 cm³/mol. The molecule has 3 aromatic carbocycles. The number of hydrazone groups is 1. The number of benzene rings is 3. The first-order valence-electron chi connectivity index (χ1n) is 13.4. The van der Waals surface area contributed by atoms with E-state index in [-0.39, 0.29) is 12.0 Å². The molecule has 0 bridgehead atoms. The van der Waals surface area contributed by atoms with Crippen molar-refractivity contribution in [2.24, 2.45) is 5.10 Å². The van der Waals surface area contributed by atoms with Crippen molar-refractivity contribution >= 4 is 39.7 Å². The molecule has 0 aliphatic carbocycles. The van der Waals surface area contributed by atoms with Gasteiger partial charge in [-0.3, -0.25) is 14.4 Å². The van der Waals surface area contributed by atoms with Crippen molar-refractivity contribution in [3.63, 3.8) is 0 Å². The summed E-state index contributed by atoms with van der Waals surface area (Å²) in [4.78, 5) is 52.0. The van der Waals surface area contributed by atoms with Crippen LogP contribution in [0.2, 0.25) is 0 Å². The highest BCUT2D eigenvalue weighted by Crippen LogP contribution is 2.46. The maximum Gasteiger partial charge on any atom is 0.331 e. The predicted octanol–water partition coefficient (Wildman–Crippen LogP) is 1.38. The molecule has 2 fully saturated rings. The fraction of sp³-hybridized carbons (Fsp3) is 0.233. The summed E-state index contributed by atoms with van der Waals surface area (Å²) in [5.74, 6) is -4.02. The van der Waals surface area contributed by atoms with Crippen molar-refractivity contribution in [1.29, 1.82) is 0 Å². The van der Waals surface area contributed by atoms with Gasteiger partial charge in [0, 0.05) is 11.8 Å². The SMILES string of the molecule is CC1(C=NNC(=O)CNC(=O)c2ccc(O)c(O)c2)C(C(=O)OC(c2ccccc2)c2ccccc2)N2C(=O)CC2S1(=O)=O. The van der Waals surface area contributed by atoms with Crippen LogP contribution < -0.4 is 10.7 Å². The molecular formula is C30H28N4O9S. The Morgan fingerprint density at radius 3 is 2.20 bits per heavy atom. The molecule has 3 amide bonds. The standard InChI is InChI=1S/C30H28N4O9S/c1-30(17-32-33-23(37)16-31-28(39)20-12-13-21(35)22(36)14-20)27(34-24(38)15-25(34)44(30,41)42)29(40)43-26(18-8-4-2-5-9-18)19-10-6-3-7-11-19/h2-14,17,25-27,35-36H,15-16H2,1H3,(H,31,39)(H,33,37). The van der Waals surface area contributed by atoms with Gasteiger partial charge in [-0.05, 0) is 36.2 Å². The van der Waals surface area contributed by atoms with E-state index < -0.39 is 73.8 Å². The lowest BCUT2D eigenvalue weighted by atomic mass is 9.96. The fourth-order valence-corrected chi connectivity index (χ4v) is 7.36. The number of carbonyl (C=O) groups excluding carboxylic acids is 4. The molecule has 4 N–H and O–H groups in total. The first kappa shape index (κ1) is 30.2. The number of sulfone groups is 1. The molecule has 2 heterocycles. The molecule has 44 heavy (non-hydrogen) atoms. The van der Waals surface area contributed by atoms with Crippen molar-refractivity contribution in [2.45, 2.75) is 35.6 Å². The molecule has 2 aliphatic rings. The summed E-state index contributed by atoms with van der Waals surface area (Å²) in [6.07, 6.45) is -0.317. The fourth-order valence-electron chi connectivity index (χ4n) is 5.15. The van der Waals surface area contributed by atoms with Crippen LogP contribution in [0.5, 0.6) is 11.5 Å². The quantitative estimate of drug-likeness (QED) is 0.0900. The largest absolute Gasteiger partial charge is 0.504 e. The number of nitrogens with one attached hydrogen (secondary N) is 2. The van der Waals surface area contributed by atoms with Crippen LogP contribution in [0.4, 0.5) is 0 Å². The molecule has 0 radical (unpaired) electrons. The van der Waals surface area contributed by atoms with Gasteiger partial charge in [0.1, 0.15) is 10.1 Å². The minimum absolute atomic E-state index is 0.0268. The van der Waals surface area contributed by atoms with Crippen molar-refractivity contribution in [2.75, 3.05) is 6.54 Å². The van der Waals surface area contributed by atoms with Crippen LogP contribution in [0, 0.1) is 0 Å². The van der Waals surface area contributed by atoms with E-state index in [0.717, 1.165) is 23.2 Å². The molecule has 3 unspecified atom stereocenters. The summed E-state index contributed by atoms with van der Waals surface area (Å²) in [5, 5.41) is 23.8. The molecule has 13 nitrogen and oxygen atoms in total. The molecule has 3 aromatic rings. The molecule has 0 spiro atoms. The van der Waals surface area contributed by atoms with E-state index in [9.17, 15) is 37.8 Å². The highest BCUT2D eigenvalue weighted by Gasteiger charge is 2.70. The number of amides is 3. The Hall–Kier alpha value is -5.24. The third-order valence-electron chi connectivity index (χ3n) is 7.56. The van der Waals surface area contributed by atoms with Crippen molar-refractivity contribution in [3.8, 4) is 11.5 Å². The van der Waals surface area contributed by atoms with E-state index in [0.29, 0.717) is 11.1 Å². The smallest absolute Gasteiger partial charge is 0.331 e. The Morgan fingerprint density at radius 1 is 1.02 bits per heavy atom. The maximum absolute atomic E-state index is 13.8. The summed E-state index contributed by atoms with van der Waals surface area (Å²) >= 11 is 0. The van der Waals surface area contributed by atoms with Gasteiger partial charge >= 0.3 is 5.97 Å². The first-order chi connectivity index (χ1) is 20.9. The molecule has 14 heteroatoms. The number of hydrogen-bond acceptors (Lipinski definition) is 10. The zero-order valence-electron chi connectivity index (χ0n) is 23.3. The molecule has 3 atom stereocenters. The number of nitrogens with zero attached hydrogens (tertiary/aromatic N) is 2. The Balaban J connectivity index is 1.34. The van der Waals surface area contributed by atoms with Crippen LogP contribution in [0.3, 0.4) is 0 Å². The maximum atomic E-state index is 13.8. The lowest BCUT2D eigenvalue weighted by Gasteiger charge is -2.36. The van der Waals surface area contributed by atoms with Crippen LogP contribution in [-0.2, 0) is 29.0 Å². The van der Waals surface area contributed by atoms with Gasteiger partial charge in [0.2, 0.25) is 5.91 Å². The molecule has 228 valence electrons. The Kier molecular flexibility index (Phi) is 8.11. The zero-order valence-corrected chi connectivity index (χ0v) is 24.1. The minimum atomic E-state index is -4.20. The van der Waals surface area contributed by atoms with Gasteiger partial charge in [0.15, 0.2) is 33.5 Å². The second-order valence-electron chi connectivity index (χ2n) is 10.4. The Bertz CT molecular complexity index is 1710. The van der Waals surface area contributed by atoms with Crippen LogP contribution in [-0.4, -0.2) is 76.1 Å². The summed E-state index contributed by atoms with van der Waals surface area (Å²) in [6.45, 7) is 0.657. The normalized spacial score (nSPS) is 21.9. The number of hydrogen-bond donors (Lipinski definition) is 4. The second-order valence-corrected chi connectivity index (χ2v) is 12.9. The Morgan fingerprint density at radius 2 is 1.64 bits per heavy atom. The molecule has 0 aromatic heterocycles. The van der Waals surface area contributed by atoms with Crippen molar-refractivity contribution < 1.29 is 42.5 Å². The van der Waals surface area contributed by atoms with Crippen LogP contribution >= 0.6 is 0 Å². The first-order valence-corrected chi connectivity index (χ1v) is 15.0. The average Bonchev–Trinajstić information content (AvgIpc) is 3.15. The number of rotatable bonds is 9.